The molecule has 0 unspecified atom stereocenters. The maximum Gasteiger partial charge on any atom is 0.191 e. The molecule has 0 fully saturated rings. The quantitative estimate of drug-likeness (QED) is 0.251. The number of nitrogens with one attached hydrogen (secondary N) is 2. The second kappa shape index (κ2) is 11.9. The fourth-order valence-electron chi connectivity index (χ4n) is 2.60. The molecule has 1 heterocycles. The largest absolute Gasteiger partial charge is 0.488 e. The number of hydrogen-bond acceptors (Lipinski definition) is 4. The molecule has 0 bridgehead atoms. The first kappa shape index (κ1) is 24.2. The van der Waals surface area contributed by atoms with Crippen LogP contribution in [0.15, 0.2) is 35.8 Å². The minimum absolute atomic E-state index is 0. The van der Waals surface area contributed by atoms with Crippen molar-refractivity contribution in [2.24, 2.45) is 4.99 Å². The van der Waals surface area contributed by atoms with E-state index in [1.165, 1.54) is 5.56 Å². The first-order chi connectivity index (χ1) is 12.9. The summed E-state index contributed by atoms with van der Waals surface area (Å²) in [5.41, 5.74) is 2.08. The second-order valence-corrected chi connectivity index (χ2v) is 7.58. The highest BCUT2D eigenvalue weighted by Crippen LogP contribution is 2.24. The molecule has 0 aliphatic rings. The lowest BCUT2D eigenvalue weighted by Gasteiger charge is -2.24. The van der Waals surface area contributed by atoms with Crippen molar-refractivity contribution in [3.8, 4) is 5.75 Å². The van der Waals surface area contributed by atoms with Crippen LogP contribution >= 0.6 is 24.0 Å². The van der Waals surface area contributed by atoms with Gasteiger partial charge < -0.3 is 19.9 Å². The fourth-order valence-corrected chi connectivity index (χ4v) is 2.60. The van der Waals surface area contributed by atoms with Gasteiger partial charge in [0, 0.05) is 32.2 Å². The molecule has 156 valence electrons. The molecule has 0 aliphatic heterocycles. The Bertz CT molecular complexity index is 725. The number of aliphatic imine (C=N–C) groups is 1. The van der Waals surface area contributed by atoms with E-state index in [4.69, 9.17) is 4.74 Å². The van der Waals surface area contributed by atoms with Crippen LogP contribution in [0.5, 0.6) is 5.75 Å². The molecule has 0 saturated carbocycles. The summed E-state index contributed by atoms with van der Waals surface area (Å²) in [5, 5.41) is 14.3. The Morgan fingerprint density at radius 1 is 1.14 bits per heavy atom. The Morgan fingerprint density at radius 3 is 2.50 bits per heavy atom. The normalized spacial score (nSPS) is 11.7. The summed E-state index contributed by atoms with van der Waals surface area (Å²) in [5.74, 6) is 1.71. The van der Waals surface area contributed by atoms with Crippen LogP contribution in [0.25, 0.3) is 0 Å². The molecule has 2 aromatic rings. The Hall–Kier alpha value is -1.84. The zero-order valence-corrected chi connectivity index (χ0v) is 19.9. The average Bonchev–Trinajstić information content (AvgIpc) is 3.10. The molecule has 0 radical (unpaired) electrons. The summed E-state index contributed by atoms with van der Waals surface area (Å²) in [4.78, 5) is 4.30. The van der Waals surface area contributed by atoms with E-state index in [9.17, 15) is 0 Å². The number of halogens is 1. The van der Waals surface area contributed by atoms with Gasteiger partial charge in [-0.15, -0.1) is 34.2 Å². The van der Waals surface area contributed by atoms with Gasteiger partial charge in [0.1, 0.15) is 24.0 Å². The van der Waals surface area contributed by atoms with Gasteiger partial charge in [-0.25, -0.2) is 0 Å². The molecule has 2 N–H and O–H groups in total. The minimum atomic E-state index is -0.229. The van der Waals surface area contributed by atoms with Gasteiger partial charge in [-0.1, -0.05) is 12.1 Å². The zero-order valence-electron chi connectivity index (χ0n) is 17.5. The van der Waals surface area contributed by atoms with Crippen molar-refractivity contribution in [1.29, 1.82) is 0 Å². The molecule has 2 rings (SSSR count). The predicted octanol–water partition coefficient (Wildman–Crippen LogP) is 3.53. The molecule has 0 aliphatic carbocycles. The smallest absolute Gasteiger partial charge is 0.191 e. The van der Waals surface area contributed by atoms with E-state index in [0.29, 0.717) is 6.54 Å². The average molecular weight is 500 g/mol. The van der Waals surface area contributed by atoms with Crippen LogP contribution in [-0.4, -0.2) is 39.9 Å². The van der Waals surface area contributed by atoms with Crippen molar-refractivity contribution in [2.75, 3.05) is 13.6 Å². The maximum absolute atomic E-state index is 6.12. The number of nitrogens with zero attached hydrogens (tertiary/aromatic N) is 4. The monoisotopic (exact) mass is 500 g/mol. The Kier molecular flexibility index (Phi) is 10.3. The third-order valence-corrected chi connectivity index (χ3v) is 3.91. The van der Waals surface area contributed by atoms with Gasteiger partial charge >= 0.3 is 0 Å². The Labute approximate surface area is 185 Å². The van der Waals surface area contributed by atoms with Gasteiger partial charge in [0.25, 0.3) is 0 Å². The van der Waals surface area contributed by atoms with Gasteiger partial charge in [0.05, 0.1) is 0 Å². The predicted molar refractivity (Wildman–Crippen MR) is 124 cm³/mol. The van der Waals surface area contributed by atoms with E-state index in [1.54, 1.807) is 19.7 Å². The van der Waals surface area contributed by atoms with E-state index < -0.39 is 0 Å². The summed E-state index contributed by atoms with van der Waals surface area (Å²) in [6.07, 6.45) is 5.59. The molecule has 1 aromatic carbocycles. The molecule has 0 spiro atoms. The van der Waals surface area contributed by atoms with Crippen molar-refractivity contribution in [3.05, 3.63) is 42.0 Å². The molecule has 1 aromatic heterocycles. The molecular formula is C20H33IN6O. The summed E-state index contributed by atoms with van der Waals surface area (Å²) in [6, 6.07) is 6.30. The summed E-state index contributed by atoms with van der Waals surface area (Å²) in [6.45, 7) is 10.7. The molecular weight excluding hydrogens is 467 g/mol. The summed E-state index contributed by atoms with van der Waals surface area (Å²) in [7, 11) is 1.79. The molecule has 0 amide bonds. The number of rotatable bonds is 8. The van der Waals surface area contributed by atoms with Crippen molar-refractivity contribution >= 4 is 29.9 Å². The third-order valence-electron chi connectivity index (χ3n) is 3.91. The first-order valence-electron chi connectivity index (χ1n) is 9.43. The van der Waals surface area contributed by atoms with Crippen LogP contribution in [0.1, 0.15) is 44.7 Å². The van der Waals surface area contributed by atoms with E-state index in [0.717, 1.165) is 43.2 Å². The van der Waals surface area contributed by atoms with Crippen LogP contribution in [0.3, 0.4) is 0 Å². The number of benzene rings is 1. The number of aromatic nitrogens is 3. The van der Waals surface area contributed by atoms with Crippen LogP contribution in [0.2, 0.25) is 0 Å². The third kappa shape index (κ3) is 8.90. The highest BCUT2D eigenvalue weighted by atomic mass is 127. The zero-order chi connectivity index (χ0) is 19.7. The van der Waals surface area contributed by atoms with Crippen molar-refractivity contribution in [2.45, 2.75) is 59.2 Å². The lowest BCUT2D eigenvalue weighted by atomic mass is 10.1. The molecule has 0 saturated heterocycles. The van der Waals surface area contributed by atoms with Gasteiger partial charge in [0.15, 0.2) is 5.96 Å². The van der Waals surface area contributed by atoms with E-state index in [-0.39, 0.29) is 29.6 Å². The number of ether oxygens (including phenoxy) is 1. The first-order valence-corrected chi connectivity index (χ1v) is 9.43. The van der Waals surface area contributed by atoms with Crippen LogP contribution in [0.4, 0.5) is 0 Å². The summed E-state index contributed by atoms with van der Waals surface area (Å²) >= 11 is 0. The lowest BCUT2D eigenvalue weighted by molar-refractivity contribution is 0.129. The number of unbranched alkanes of at least 4 members (excludes halogenated alkanes) is 1. The molecule has 7 nitrogen and oxygen atoms in total. The molecule has 28 heavy (non-hydrogen) atoms. The van der Waals surface area contributed by atoms with E-state index >= 15 is 0 Å². The summed E-state index contributed by atoms with van der Waals surface area (Å²) < 4.78 is 8.10. The van der Waals surface area contributed by atoms with Crippen molar-refractivity contribution < 1.29 is 4.74 Å². The van der Waals surface area contributed by atoms with Gasteiger partial charge in [0.2, 0.25) is 0 Å². The van der Waals surface area contributed by atoms with Crippen LogP contribution in [-0.2, 0) is 13.1 Å². The highest BCUT2D eigenvalue weighted by molar-refractivity contribution is 14.0. The minimum Gasteiger partial charge on any atom is -0.488 e. The fraction of sp³-hybridized carbons (Fsp3) is 0.550. The van der Waals surface area contributed by atoms with Crippen molar-refractivity contribution in [1.82, 2.24) is 25.4 Å². The van der Waals surface area contributed by atoms with E-state index in [1.807, 2.05) is 4.57 Å². The van der Waals surface area contributed by atoms with Gasteiger partial charge in [-0.05, 0) is 52.2 Å². The van der Waals surface area contributed by atoms with Gasteiger partial charge in [-0.3, -0.25) is 4.99 Å². The van der Waals surface area contributed by atoms with Crippen LogP contribution in [0, 0.1) is 6.92 Å². The maximum atomic E-state index is 6.12. The van der Waals surface area contributed by atoms with Gasteiger partial charge in [-0.2, -0.15) is 0 Å². The van der Waals surface area contributed by atoms with E-state index in [2.05, 4.69) is 71.7 Å². The molecule has 0 atom stereocenters. The standard InChI is InChI=1S/C20H32N6O.HI/c1-16-8-9-17(18(12-16)27-20(2,3)4)13-23-19(21-5)22-10-6-7-11-26-14-24-25-15-26;/h8-9,12,14-15H,6-7,10-11,13H2,1-5H3,(H2,21,22,23);1H. The lowest BCUT2D eigenvalue weighted by Crippen LogP contribution is -2.37. The highest BCUT2D eigenvalue weighted by Gasteiger charge is 2.15. The second-order valence-electron chi connectivity index (χ2n) is 7.58. The number of aryl methyl sites for hydroxylation is 2. The Morgan fingerprint density at radius 2 is 1.86 bits per heavy atom. The topological polar surface area (TPSA) is 76.4 Å². The molecule has 8 heteroatoms. The number of guanidine groups is 1. The van der Waals surface area contributed by atoms with Crippen molar-refractivity contribution in [3.63, 3.8) is 0 Å². The number of hydrogen-bond donors (Lipinski definition) is 2. The Balaban J connectivity index is 0.00000392. The SMILES string of the molecule is CN=C(NCCCCn1cnnc1)NCc1ccc(C)cc1OC(C)(C)C.I. The van der Waals surface area contributed by atoms with Crippen LogP contribution < -0.4 is 15.4 Å².